The number of nitro benzene ring substituents is 1. The molecule has 4 N–H and O–H groups in total. The summed E-state index contributed by atoms with van der Waals surface area (Å²) in [4.78, 5) is 18.0. The van der Waals surface area contributed by atoms with Gasteiger partial charge in [0.15, 0.2) is 5.16 Å². The zero-order chi connectivity index (χ0) is 14.0. The minimum atomic E-state index is -0.714. The molecule has 1 aromatic carbocycles. The molecule has 0 saturated heterocycles. The fourth-order valence-corrected chi connectivity index (χ4v) is 2.19. The van der Waals surface area contributed by atoms with Crippen LogP contribution in [0.15, 0.2) is 34.3 Å². The van der Waals surface area contributed by atoms with Crippen LogP contribution in [0.2, 0.25) is 0 Å². The third-order valence-corrected chi connectivity index (χ3v) is 2.86. The van der Waals surface area contributed by atoms with E-state index in [0.29, 0.717) is 0 Å². The molecule has 0 bridgehead atoms. The van der Waals surface area contributed by atoms with Gasteiger partial charge in [0.05, 0.1) is 11.0 Å². The fourth-order valence-electron chi connectivity index (χ4n) is 1.33. The van der Waals surface area contributed by atoms with E-state index in [4.69, 9.17) is 11.5 Å². The lowest BCUT2D eigenvalue weighted by atomic mass is 10.3. The molecule has 0 radical (unpaired) electrons. The van der Waals surface area contributed by atoms with Crippen molar-refractivity contribution < 1.29 is 9.31 Å². The lowest BCUT2D eigenvalue weighted by Gasteiger charge is -2.03. The zero-order valence-electron chi connectivity index (χ0n) is 9.41. The quantitative estimate of drug-likeness (QED) is 0.500. The van der Waals surface area contributed by atoms with E-state index in [1.165, 1.54) is 12.1 Å². The van der Waals surface area contributed by atoms with Crippen LogP contribution in [-0.2, 0) is 0 Å². The van der Waals surface area contributed by atoms with Crippen LogP contribution in [0.25, 0.3) is 0 Å². The number of nitrogens with zero attached hydrogens (tertiary/aromatic N) is 3. The minimum absolute atomic E-state index is 0.168. The van der Waals surface area contributed by atoms with Gasteiger partial charge in [-0.15, -0.1) is 0 Å². The summed E-state index contributed by atoms with van der Waals surface area (Å²) in [6.45, 7) is 0. The van der Waals surface area contributed by atoms with E-state index in [0.717, 1.165) is 23.9 Å². The number of nitrogens with two attached hydrogens (primary N) is 2. The Morgan fingerprint density at radius 3 is 2.37 bits per heavy atom. The van der Waals surface area contributed by atoms with Crippen molar-refractivity contribution in [2.45, 2.75) is 10.1 Å². The summed E-state index contributed by atoms with van der Waals surface area (Å²) in [5, 5.41) is 10.8. The molecular weight excluding hydrogens is 273 g/mol. The Labute approximate surface area is 111 Å². The number of halogens is 1. The highest BCUT2D eigenvalue weighted by Crippen LogP contribution is 2.29. The largest absolute Gasteiger partial charge is 0.383 e. The summed E-state index contributed by atoms with van der Waals surface area (Å²) in [7, 11) is 0. The van der Waals surface area contributed by atoms with Crippen molar-refractivity contribution in [3.05, 3.63) is 40.2 Å². The van der Waals surface area contributed by atoms with Crippen LogP contribution in [0.4, 0.5) is 21.7 Å². The van der Waals surface area contributed by atoms with Crippen molar-refractivity contribution in [3.63, 3.8) is 0 Å². The van der Waals surface area contributed by atoms with Gasteiger partial charge in [-0.25, -0.2) is 14.4 Å². The number of nitrogen functional groups attached to an aromatic ring is 2. The van der Waals surface area contributed by atoms with Crippen molar-refractivity contribution in [2.24, 2.45) is 0 Å². The highest BCUT2D eigenvalue weighted by molar-refractivity contribution is 7.99. The summed E-state index contributed by atoms with van der Waals surface area (Å²) in [5.74, 6) is -0.379. The topological polar surface area (TPSA) is 121 Å². The van der Waals surface area contributed by atoms with E-state index in [-0.39, 0.29) is 27.4 Å². The third-order valence-electron chi connectivity index (χ3n) is 2.02. The first-order valence-corrected chi connectivity index (χ1v) is 5.78. The monoisotopic (exact) mass is 281 g/mol. The Hall–Kier alpha value is -2.42. The highest BCUT2D eigenvalue weighted by Gasteiger charge is 2.12. The normalized spacial score (nSPS) is 10.4. The molecule has 0 aliphatic carbocycles. The molecule has 1 aromatic heterocycles. The van der Waals surface area contributed by atoms with Gasteiger partial charge in [-0.05, 0) is 17.8 Å². The Kier molecular flexibility index (Phi) is 3.47. The molecular formula is C10H8FN5O2S. The van der Waals surface area contributed by atoms with E-state index >= 15 is 0 Å². The Bertz CT molecular complexity index is 632. The maximum atomic E-state index is 13.2. The number of anilines is 2. The molecule has 0 atom stereocenters. The molecule has 19 heavy (non-hydrogen) atoms. The smallest absolute Gasteiger partial charge is 0.273 e. The maximum Gasteiger partial charge on any atom is 0.273 e. The van der Waals surface area contributed by atoms with Crippen LogP contribution in [-0.4, -0.2) is 14.9 Å². The van der Waals surface area contributed by atoms with Gasteiger partial charge in [0, 0.05) is 17.0 Å². The first-order valence-electron chi connectivity index (χ1n) is 4.97. The lowest BCUT2D eigenvalue weighted by molar-refractivity contribution is -0.385. The van der Waals surface area contributed by atoms with Gasteiger partial charge >= 0.3 is 0 Å². The summed E-state index contributed by atoms with van der Waals surface area (Å²) in [5.41, 5.74) is 10.6. The molecule has 1 heterocycles. The summed E-state index contributed by atoms with van der Waals surface area (Å²) >= 11 is 0.935. The van der Waals surface area contributed by atoms with Crippen LogP contribution in [0, 0.1) is 15.9 Å². The first kappa shape index (κ1) is 13.0. The third kappa shape index (κ3) is 3.28. The van der Waals surface area contributed by atoms with E-state index in [1.54, 1.807) is 0 Å². The average Bonchev–Trinajstić information content (AvgIpc) is 2.26. The Morgan fingerprint density at radius 2 is 1.79 bits per heavy atom. The van der Waals surface area contributed by atoms with Crippen molar-refractivity contribution in [1.82, 2.24) is 9.97 Å². The number of nitro groups is 1. The van der Waals surface area contributed by atoms with Crippen LogP contribution in [0.1, 0.15) is 0 Å². The zero-order valence-corrected chi connectivity index (χ0v) is 10.2. The van der Waals surface area contributed by atoms with E-state index in [1.807, 2.05) is 0 Å². The second-order valence-corrected chi connectivity index (χ2v) is 4.55. The van der Waals surface area contributed by atoms with Crippen LogP contribution in [0.5, 0.6) is 0 Å². The minimum Gasteiger partial charge on any atom is -0.383 e. The second kappa shape index (κ2) is 5.06. The van der Waals surface area contributed by atoms with Crippen molar-refractivity contribution in [3.8, 4) is 0 Å². The number of rotatable bonds is 3. The Balaban J connectivity index is 2.35. The van der Waals surface area contributed by atoms with Gasteiger partial charge in [-0.1, -0.05) is 0 Å². The standard InChI is InChI=1S/C10H8FN5O2S/c11-5-1-6(16(17)18)3-7(2-5)19-10-14-8(12)4-9(13)15-10/h1-4H,(H4,12,13,14,15). The second-order valence-electron chi connectivity index (χ2n) is 3.50. The SMILES string of the molecule is Nc1cc(N)nc(Sc2cc(F)cc([N+](=O)[O-])c2)n1. The maximum absolute atomic E-state index is 13.2. The first-order chi connectivity index (χ1) is 8.94. The molecule has 98 valence electrons. The van der Waals surface area contributed by atoms with Gasteiger partial charge in [-0.2, -0.15) is 0 Å². The summed E-state index contributed by atoms with van der Waals surface area (Å²) < 4.78 is 13.2. The van der Waals surface area contributed by atoms with E-state index in [9.17, 15) is 14.5 Å². The number of hydrogen-bond acceptors (Lipinski definition) is 7. The molecule has 0 unspecified atom stereocenters. The number of aromatic nitrogens is 2. The van der Waals surface area contributed by atoms with Crippen LogP contribution < -0.4 is 11.5 Å². The van der Waals surface area contributed by atoms with Crippen molar-refractivity contribution in [2.75, 3.05) is 11.5 Å². The van der Waals surface area contributed by atoms with E-state index in [2.05, 4.69) is 9.97 Å². The van der Waals surface area contributed by atoms with Gasteiger partial charge in [0.2, 0.25) is 0 Å². The number of non-ortho nitro benzene ring substituents is 1. The van der Waals surface area contributed by atoms with E-state index < -0.39 is 10.7 Å². The molecule has 2 aromatic rings. The van der Waals surface area contributed by atoms with Crippen LogP contribution in [0.3, 0.4) is 0 Å². The van der Waals surface area contributed by atoms with Crippen LogP contribution >= 0.6 is 11.8 Å². The molecule has 0 saturated carbocycles. The molecule has 0 aliphatic heterocycles. The van der Waals surface area contributed by atoms with Crippen molar-refractivity contribution in [1.29, 1.82) is 0 Å². The Morgan fingerprint density at radius 1 is 1.16 bits per heavy atom. The number of hydrogen-bond donors (Lipinski definition) is 2. The molecule has 9 heteroatoms. The summed E-state index contributed by atoms with van der Waals surface area (Å²) in [6, 6.07) is 4.56. The van der Waals surface area contributed by atoms with Gasteiger partial charge in [0.1, 0.15) is 17.5 Å². The molecule has 0 amide bonds. The lowest BCUT2D eigenvalue weighted by Crippen LogP contribution is -1.99. The summed E-state index contributed by atoms with van der Waals surface area (Å²) in [6.07, 6.45) is 0. The van der Waals surface area contributed by atoms with Crippen molar-refractivity contribution >= 4 is 29.1 Å². The van der Waals surface area contributed by atoms with Gasteiger partial charge < -0.3 is 11.5 Å². The highest BCUT2D eigenvalue weighted by atomic mass is 32.2. The van der Waals surface area contributed by atoms with Gasteiger partial charge in [-0.3, -0.25) is 10.1 Å². The van der Waals surface area contributed by atoms with Gasteiger partial charge in [0.25, 0.3) is 5.69 Å². The average molecular weight is 281 g/mol. The molecule has 0 spiro atoms. The fraction of sp³-hybridized carbons (Fsp3) is 0. The molecule has 2 rings (SSSR count). The molecule has 0 fully saturated rings. The number of benzene rings is 1. The predicted molar refractivity (Wildman–Crippen MR) is 68.0 cm³/mol. The molecule has 7 nitrogen and oxygen atoms in total. The predicted octanol–water partition coefficient (Wildman–Crippen LogP) is 1.84. The molecule has 0 aliphatic rings.